The second-order valence-corrected chi connectivity index (χ2v) is 5.41. The summed E-state index contributed by atoms with van der Waals surface area (Å²) < 4.78 is 6.78. The van der Waals surface area contributed by atoms with Crippen LogP contribution < -0.4 is 5.32 Å². The third kappa shape index (κ3) is 3.80. The molecule has 2 aromatic heterocycles. The lowest BCUT2D eigenvalue weighted by molar-refractivity contribution is -0.148. The van der Waals surface area contributed by atoms with Crippen molar-refractivity contribution in [3.8, 4) is 0 Å². The van der Waals surface area contributed by atoms with Gasteiger partial charge in [0.15, 0.2) is 11.6 Å². The summed E-state index contributed by atoms with van der Waals surface area (Å²) in [6.45, 7) is 3.63. The second kappa shape index (κ2) is 6.51. The van der Waals surface area contributed by atoms with Crippen molar-refractivity contribution >= 4 is 28.2 Å². The Balaban J connectivity index is 1.78. The normalized spacial score (nSPS) is 12.3. The van der Waals surface area contributed by atoms with E-state index in [1.165, 1.54) is 11.3 Å². The van der Waals surface area contributed by atoms with Crippen molar-refractivity contribution in [1.29, 1.82) is 0 Å². The molecule has 0 radical (unpaired) electrons. The molecule has 0 aromatic carbocycles. The number of ether oxygens (including phenoxy) is 1. The van der Waals surface area contributed by atoms with Gasteiger partial charge in [-0.15, -0.1) is 11.3 Å². The number of hydrogen-bond donors (Lipinski definition) is 1. The zero-order valence-corrected chi connectivity index (χ0v) is 12.3. The molecule has 1 atom stereocenters. The smallest absolute Gasteiger partial charge is 0.312 e. The number of nitrogens with one attached hydrogen (secondary N) is 1. The van der Waals surface area contributed by atoms with Crippen LogP contribution >= 0.6 is 11.3 Å². The fourth-order valence-electron chi connectivity index (χ4n) is 1.62. The first-order chi connectivity index (χ1) is 9.58. The molecule has 7 heteroatoms. The predicted octanol–water partition coefficient (Wildman–Crippen LogP) is 1.40. The average Bonchev–Trinajstić information content (AvgIpc) is 2.97. The molecule has 0 spiro atoms. The highest BCUT2D eigenvalue weighted by Gasteiger charge is 2.12. The van der Waals surface area contributed by atoms with Crippen LogP contribution in [0.25, 0.3) is 4.96 Å². The monoisotopic (exact) mass is 295 g/mol. The minimum atomic E-state index is -0.449. The highest BCUT2D eigenvalue weighted by Crippen LogP contribution is 2.11. The Kier molecular flexibility index (Phi) is 4.73. The zero-order chi connectivity index (χ0) is 14.5. The molecule has 2 aromatic rings. The lowest BCUT2D eigenvalue weighted by Crippen LogP contribution is -2.35. The number of thiazole rings is 1. The number of carbonyl (C=O) groups excluding carboxylic acids is 2. The maximum Gasteiger partial charge on any atom is 0.312 e. The Hall–Kier alpha value is -1.89. The molecule has 1 amide bonds. The van der Waals surface area contributed by atoms with Gasteiger partial charge in [-0.25, -0.2) is 4.98 Å². The van der Waals surface area contributed by atoms with Crippen molar-refractivity contribution in [2.75, 3.05) is 6.61 Å². The van der Waals surface area contributed by atoms with Gasteiger partial charge in [0.1, 0.15) is 0 Å². The first-order valence-electron chi connectivity index (χ1n) is 6.44. The maximum absolute atomic E-state index is 11.6. The first kappa shape index (κ1) is 14.5. The van der Waals surface area contributed by atoms with Gasteiger partial charge in [-0.1, -0.05) is 6.92 Å². The Labute approximate surface area is 120 Å². The second-order valence-electron chi connectivity index (χ2n) is 4.54. The molecule has 2 rings (SSSR count). The van der Waals surface area contributed by atoms with Gasteiger partial charge in [0.05, 0.1) is 12.1 Å². The molecule has 0 unspecified atom stereocenters. The summed E-state index contributed by atoms with van der Waals surface area (Å²) in [4.78, 5) is 28.2. The van der Waals surface area contributed by atoms with Crippen LogP contribution in [-0.4, -0.2) is 33.9 Å². The van der Waals surface area contributed by atoms with Crippen molar-refractivity contribution in [3.63, 3.8) is 0 Å². The molecule has 0 bridgehead atoms. The van der Waals surface area contributed by atoms with Gasteiger partial charge in [0.2, 0.25) is 0 Å². The Bertz CT molecular complexity index is 576. The number of fused-ring (bicyclic) bond motifs is 1. The molecule has 0 aliphatic rings. The molecule has 6 nitrogen and oxygen atoms in total. The number of aromatic nitrogens is 2. The number of nitrogens with zero attached hydrogens (tertiary/aromatic N) is 2. The average molecular weight is 295 g/mol. The van der Waals surface area contributed by atoms with Gasteiger partial charge >= 0.3 is 5.97 Å². The molecule has 108 valence electrons. The Morgan fingerprint density at radius 1 is 1.55 bits per heavy atom. The lowest BCUT2D eigenvalue weighted by atomic mass is 10.2. The molecule has 2 heterocycles. The number of imidazole rings is 1. The van der Waals surface area contributed by atoms with E-state index in [-0.39, 0.29) is 25.0 Å². The molecular weight excluding hydrogens is 278 g/mol. The van der Waals surface area contributed by atoms with Crippen molar-refractivity contribution < 1.29 is 14.3 Å². The Morgan fingerprint density at radius 3 is 3.05 bits per heavy atom. The fraction of sp³-hybridized carbons (Fsp3) is 0.462. The van der Waals surface area contributed by atoms with Crippen LogP contribution in [0.2, 0.25) is 0 Å². The van der Waals surface area contributed by atoms with Gasteiger partial charge in [-0.05, 0) is 13.3 Å². The van der Waals surface area contributed by atoms with Crippen LogP contribution in [0.5, 0.6) is 0 Å². The van der Waals surface area contributed by atoms with Crippen molar-refractivity contribution in [1.82, 2.24) is 14.7 Å². The number of amides is 1. The molecule has 0 saturated heterocycles. The van der Waals surface area contributed by atoms with Crippen LogP contribution in [0.3, 0.4) is 0 Å². The van der Waals surface area contributed by atoms with E-state index in [1.807, 2.05) is 29.8 Å². The van der Waals surface area contributed by atoms with E-state index in [9.17, 15) is 9.59 Å². The summed E-state index contributed by atoms with van der Waals surface area (Å²) in [5.41, 5.74) is 0.643. The predicted molar refractivity (Wildman–Crippen MR) is 75.6 cm³/mol. The minimum Gasteiger partial charge on any atom is -0.455 e. The van der Waals surface area contributed by atoms with E-state index in [2.05, 4.69) is 10.3 Å². The highest BCUT2D eigenvalue weighted by atomic mass is 32.1. The summed E-state index contributed by atoms with van der Waals surface area (Å²) in [5, 5.41) is 4.65. The maximum atomic E-state index is 11.6. The molecule has 1 N–H and O–H groups in total. The van der Waals surface area contributed by atoms with Gasteiger partial charge in [-0.3, -0.25) is 14.0 Å². The molecule has 0 fully saturated rings. The topological polar surface area (TPSA) is 72.7 Å². The number of hydrogen-bond acceptors (Lipinski definition) is 5. The van der Waals surface area contributed by atoms with Crippen LogP contribution in [0.1, 0.15) is 26.0 Å². The summed E-state index contributed by atoms with van der Waals surface area (Å²) in [6, 6.07) is 0.0844. The first-order valence-corrected chi connectivity index (χ1v) is 7.32. The standard InChI is InChI=1S/C13H17N3O3S/c1-3-9(2)14-11(17)8-19-12(18)6-10-7-16-4-5-20-13(16)15-10/h4-5,7,9H,3,6,8H2,1-2H3,(H,14,17)/t9-/m0/s1. The van der Waals surface area contributed by atoms with Crippen LogP contribution in [0.4, 0.5) is 0 Å². The van der Waals surface area contributed by atoms with Crippen LogP contribution in [0, 0.1) is 0 Å². The van der Waals surface area contributed by atoms with Crippen molar-refractivity contribution in [3.05, 3.63) is 23.5 Å². The van der Waals surface area contributed by atoms with E-state index in [0.717, 1.165) is 11.4 Å². The molecule has 0 aliphatic carbocycles. The van der Waals surface area contributed by atoms with Gasteiger partial charge < -0.3 is 10.1 Å². The third-order valence-corrected chi connectivity index (χ3v) is 3.62. The summed E-state index contributed by atoms with van der Waals surface area (Å²) in [7, 11) is 0. The number of rotatable bonds is 6. The number of carbonyl (C=O) groups is 2. The van der Waals surface area contributed by atoms with Gasteiger partial charge in [0, 0.05) is 23.8 Å². The number of esters is 1. The van der Waals surface area contributed by atoms with Crippen LogP contribution in [0.15, 0.2) is 17.8 Å². The zero-order valence-electron chi connectivity index (χ0n) is 11.5. The van der Waals surface area contributed by atoms with Gasteiger partial charge in [0.25, 0.3) is 5.91 Å². The molecular formula is C13H17N3O3S. The summed E-state index contributed by atoms with van der Waals surface area (Å²) >= 11 is 1.50. The quantitative estimate of drug-likeness (QED) is 0.818. The molecule has 20 heavy (non-hydrogen) atoms. The van der Waals surface area contributed by atoms with Crippen molar-refractivity contribution in [2.45, 2.75) is 32.7 Å². The van der Waals surface area contributed by atoms with Crippen molar-refractivity contribution in [2.24, 2.45) is 0 Å². The summed E-state index contributed by atoms with van der Waals surface area (Å²) in [6.07, 6.45) is 4.57. The SMILES string of the molecule is CC[C@H](C)NC(=O)COC(=O)Cc1cn2ccsc2n1. The van der Waals surface area contributed by atoms with Gasteiger partial charge in [-0.2, -0.15) is 0 Å². The van der Waals surface area contributed by atoms with E-state index in [4.69, 9.17) is 4.74 Å². The molecule has 0 saturated carbocycles. The summed E-state index contributed by atoms with van der Waals surface area (Å²) in [5.74, 6) is -0.728. The fourth-order valence-corrected chi connectivity index (χ4v) is 2.34. The largest absolute Gasteiger partial charge is 0.455 e. The van der Waals surface area contributed by atoms with E-state index < -0.39 is 5.97 Å². The van der Waals surface area contributed by atoms with E-state index in [0.29, 0.717) is 5.69 Å². The van der Waals surface area contributed by atoms with Crippen LogP contribution in [-0.2, 0) is 20.7 Å². The highest BCUT2D eigenvalue weighted by molar-refractivity contribution is 7.15. The molecule has 0 aliphatic heterocycles. The Morgan fingerprint density at radius 2 is 2.35 bits per heavy atom. The third-order valence-electron chi connectivity index (χ3n) is 2.85. The van der Waals surface area contributed by atoms with E-state index >= 15 is 0 Å². The van der Waals surface area contributed by atoms with E-state index in [1.54, 1.807) is 6.20 Å². The lowest BCUT2D eigenvalue weighted by Gasteiger charge is -2.11. The minimum absolute atomic E-state index is 0.0744.